The molecule has 2 aromatic rings. The van der Waals surface area contributed by atoms with Gasteiger partial charge in [-0.2, -0.15) is 5.26 Å². The first-order valence-corrected chi connectivity index (χ1v) is 6.78. The maximum atomic E-state index is 13.0. The molecule has 0 heterocycles. The van der Waals surface area contributed by atoms with Gasteiger partial charge in [0.1, 0.15) is 5.82 Å². The molecule has 0 spiro atoms. The summed E-state index contributed by atoms with van der Waals surface area (Å²) in [5.74, 6) is -0.528. The van der Waals surface area contributed by atoms with Gasteiger partial charge in [0.2, 0.25) is 0 Å². The van der Waals surface area contributed by atoms with Crippen LogP contribution < -0.4 is 4.72 Å². The van der Waals surface area contributed by atoms with Crippen molar-refractivity contribution in [2.45, 2.75) is 4.90 Å². The highest BCUT2D eigenvalue weighted by atomic mass is 32.2. The molecule has 19 heavy (non-hydrogen) atoms. The van der Waals surface area contributed by atoms with Crippen molar-refractivity contribution in [3.05, 3.63) is 59.9 Å². The second-order valence-electron chi connectivity index (χ2n) is 3.75. The van der Waals surface area contributed by atoms with E-state index >= 15 is 0 Å². The quantitative estimate of drug-likeness (QED) is 0.936. The zero-order valence-corrected chi connectivity index (χ0v) is 10.5. The predicted octanol–water partition coefficient (Wildman–Crippen LogP) is 2.50. The van der Waals surface area contributed by atoms with E-state index in [0.717, 1.165) is 6.07 Å². The molecular weight excluding hydrogens is 267 g/mol. The van der Waals surface area contributed by atoms with Crippen molar-refractivity contribution in [3.8, 4) is 6.07 Å². The molecule has 2 aromatic carbocycles. The van der Waals surface area contributed by atoms with Crippen molar-refractivity contribution < 1.29 is 12.8 Å². The van der Waals surface area contributed by atoms with Crippen LogP contribution in [0.1, 0.15) is 5.56 Å². The molecule has 0 amide bonds. The Labute approximate surface area is 110 Å². The molecule has 0 aliphatic heterocycles. The van der Waals surface area contributed by atoms with Crippen LogP contribution in [0.15, 0.2) is 53.4 Å². The molecule has 0 bridgehead atoms. The summed E-state index contributed by atoms with van der Waals surface area (Å²) < 4.78 is 39.2. The smallest absolute Gasteiger partial charge is 0.261 e. The van der Waals surface area contributed by atoms with Gasteiger partial charge in [-0.1, -0.05) is 6.07 Å². The van der Waals surface area contributed by atoms with Crippen LogP contribution in [0.4, 0.5) is 10.1 Å². The number of nitrogens with one attached hydrogen (secondary N) is 1. The van der Waals surface area contributed by atoms with E-state index in [-0.39, 0.29) is 10.6 Å². The van der Waals surface area contributed by atoms with Crippen LogP contribution in [-0.2, 0) is 10.0 Å². The largest absolute Gasteiger partial charge is 0.280 e. The van der Waals surface area contributed by atoms with Gasteiger partial charge < -0.3 is 0 Å². The number of benzene rings is 2. The van der Waals surface area contributed by atoms with Gasteiger partial charge in [-0.3, -0.25) is 4.72 Å². The predicted molar refractivity (Wildman–Crippen MR) is 68.4 cm³/mol. The zero-order valence-electron chi connectivity index (χ0n) is 9.67. The minimum Gasteiger partial charge on any atom is -0.280 e. The highest BCUT2D eigenvalue weighted by molar-refractivity contribution is 7.92. The Hall–Kier alpha value is -2.39. The number of nitrogens with zero attached hydrogens (tertiary/aromatic N) is 1. The number of nitriles is 1. The van der Waals surface area contributed by atoms with Gasteiger partial charge in [-0.15, -0.1) is 0 Å². The average molecular weight is 276 g/mol. The first-order valence-electron chi connectivity index (χ1n) is 5.30. The molecule has 0 aromatic heterocycles. The summed E-state index contributed by atoms with van der Waals surface area (Å²) in [6, 6.07) is 12.5. The Morgan fingerprint density at radius 3 is 2.37 bits per heavy atom. The van der Waals surface area contributed by atoms with Gasteiger partial charge in [0, 0.05) is 0 Å². The van der Waals surface area contributed by atoms with Gasteiger partial charge in [0.25, 0.3) is 10.0 Å². The average Bonchev–Trinajstić information content (AvgIpc) is 2.38. The van der Waals surface area contributed by atoms with Crippen molar-refractivity contribution in [2.24, 2.45) is 0 Å². The number of sulfonamides is 1. The van der Waals surface area contributed by atoms with E-state index in [1.54, 1.807) is 0 Å². The lowest BCUT2D eigenvalue weighted by Crippen LogP contribution is -2.12. The first-order chi connectivity index (χ1) is 9.01. The highest BCUT2D eigenvalue weighted by Crippen LogP contribution is 2.17. The van der Waals surface area contributed by atoms with Crippen molar-refractivity contribution in [1.82, 2.24) is 0 Å². The summed E-state index contributed by atoms with van der Waals surface area (Å²) in [6.07, 6.45) is 0. The van der Waals surface area contributed by atoms with Gasteiger partial charge in [-0.05, 0) is 42.5 Å². The Kier molecular flexibility index (Phi) is 3.49. The summed E-state index contributed by atoms with van der Waals surface area (Å²) in [4.78, 5) is 0.00996. The van der Waals surface area contributed by atoms with Crippen LogP contribution in [0.3, 0.4) is 0 Å². The molecule has 0 saturated carbocycles. The Morgan fingerprint density at radius 1 is 1.11 bits per heavy atom. The van der Waals surface area contributed by atoms with Crippen molar-refractivity contribution in [1.29, 1.82) is 5.26 Å². The Morgan fingerprint density at radius 2 is 1.79 bits per heavy atom. The van der Waals surface area contributed by atoms with Gasteiger partial charge in [0.15, 0.2) is 0 Å². The van der Waals surface area contributed by atoms with Crippen LogP contribution in [-0.4, -0.2) is 8.42 Å². The van der Waals surface area contributed by atoms with Gasteiger partial charge in [-0.25, -0.2) is 12.8 Å². The minimum absolute atomic E-state index is 0.00996. The maximum Gasteiger partial charge on any atom is 0.261 e. The third-order valence-electron chi connectivity index (χ3n) is 2.37. The molecule has 4 nitrogen and oxygen atoms in total. The van der Waals surface area contributed by atoms with Crippen molar-refractivity contribution >= 4 is 15.7 Å². The van der Waals surface area contributed by atoms with E-state index in [4.69, 9.17) is 5.26 Å². The molecule has 0 atom stereocenters. The van der Waals surface area contributed by atoms with E-state index in [0.29, 0.717) is 5.56 Å². The summed E-state index contributed by atoms with van der Waals surface area (Å²) in [5.41, 5.74) is 0.508. The molecule has 2 rings (SSSR count). The van der Waals surface area contributed by atoms with Crippen molar-refractivity contribution in [3.63, 3.8) is 0 Å². The molecule has 0 radical (unpaired) electrons. The van der Waals surface area contributed by atoms with Crippen molar-refractivity contribution in [2.75, 3.05) is 4.72 Å². The highest BCUT2D eigenvalue weighted by Gasteiger charge is 2.14. The summed E-state index contributed by atoms with van der Waals surface area (Å²) in [6.45, 7) is 0. The normalized spacial score (nSPS) is 10.7. The second-order valence-corrected chi connectivity index (χ2v) is 5.43. The van der Waals surface area contributed by atoms with E-state index in [2.05, 4.69) is 4.72 Å². The van der Waals surface area contributed by atoms with Gasteiger partial charge >= 0.3 is 0 Å². The van der Waals surface area contributed by atoms with Crippen LogP contribution in [0, 0.1) is 17.1 Å². The van der Waals surface area contributed by atoms with Gasteiger partial charge in [0.05, 0.1) is 22.2 Å². The lowest BCUT2D eigenvalue weighted by Gasteiger charge is -2.07. The lowest BCUT2D eigenvalue weighted by atomic mass is 10.2. The number of rotatable bonds is 3. The Bertz CT molecular complexity index is 734. The standard InChI is InChI=1S/C13H9FN2O2S/c14-11-2-1-3-12(8-11)16-19(17,18)13-6-4-10(9-15)5-7-13/h1-8,16H. The lowest BCUT2D eigenvalue weighted by molar-refractivity contribution is 0.601. The third-order valence-corrected chi connectivity index (χ3v) is 3.77. The molecule has 0 unspecified atom stereocenters. The molecule has 0 aliphatic rings. The number of halogens is 1. The van der Waals surface area contributed by atoms with E-state index in [1.165, 1.54) is 42.5 Å². The summed E-state index contributed by atoms with van der Waals surface area (Å²) in [7, 11) is -3.78. The molecule has 0 fully saturated rings. The van der Waals surface area contributed by atoms with E-state index < -0.39 is 15.8 Å². The fourth-order valence-corrected chi connectivity index (χ4v) is 2.52. The van der Waals surface area contributed by atoms with Crippen LogP contribution in [0.5, 0.6) is 0 Å². The van der Waals surface area contributed by atoms with E-state index in [9.17, 15) is 12.8 Å². The first kappa shape index (κ1) is 13.1. The molecular formula is C13H9FN2O2S. The molecule has 96 valence electrons. The summed E-state index contributed by atoms with van der Waals surface area (Å²) in [5, 5.41) is 8.64. The maximum absolute atomic E-state index is 13.0. The molecule has 1 N–H and O–H groups in total. The molecule has 0 saturated heterocycles. The fraction of sp³-hybridized carbons (Fsp3) is 0. The minimum atomic E-state index is -3.78. The second kappa shape index (κ2) is 5.08. The number of anilines is 1. The third kappa shape index (κ3) is 3.09. The number of hydrogen-bond donors (Lipinski definition) is 1. The fourth-order valence-electron chi connectivity index (χ4n) is 1.47. The monoisotopic (exact) mass is 276 g/mol. The molecule has 6 heteroatoms. The topological polar surface area (TPSA) is 70.0 Å². The van der Waals surface area contributed by atoms with E-state index in [1.807, 2.05) is 6.07 Å². The van der Waals surface area contributed by atoms with Crippen LogP contribution in [0.2, 0.25) is 0 Å². The SMILES string of the molecule is N#Cc1ccc(S(=O)(=O)Nc2cccc(F)c2)cc1. The molecule has 0 aliphatic carbocycles. The zero-order chi connectivity index (χ0) is 13.9. The van der Waals surface area contributed by atoms with Crippen LogP contribution in [0.25, 0.3) is 0 Å². The Balaban J connectivity index is 2.30. The number of hydrogen-bond acceptors (Lipinski definition) is 3. The summed E-state index contributed by atoms with van der Waals surface area (Å²) >= 11 is 0. The van der Waals surface area contributed by atoms with Crippen LogP contribution >= 0.6 is 0 Å².